The number of aliphatic hydroxyl groups excluding tert-OH is 1. The van der Waals surface area contributed by atoms with Gasteiger partial charge in [-0.25, -0.2) is 0 Å². The Labute approximate surface area is 139 Å². The Bertz CT molecular complexity index is 281. The van der Waals surface area contributed by atoms with Crippen molar-refractivity contribution in [2.24, 2.45) is 0 Å². The second kappa shape index (κ2) is 8.51. The van der Waals surface area contributed by atoms with Crippen LogP contribution >= 0.6 is 0 Å². The summed E-state index contributed by atoms with van der Waals surface area (Å²) in [6.07, 6.45) is 6.60. The Balaban J connectivity index is 2.77. The second-order valence-electron chi connectivity index (χ2n) is 7.82. The topological polar surface area (TPSA) is 32.7 Å². The number of hydroxylamine groups is 2. The molecule has 0 saturated carbocycles. The van der Waals surface area contributed by atoms with Crippen LogP contribution in [0.25, 0.3) is 0 Å². The van der Waals surface area contributed by atoms with Gasteiger partial charge in [0.1, 0.15) is 0 Å². The van der Waals surface area contributed by atoms with Crippen molar-refractivity contribution < 1.29 is 8.28 Å². The third-order valence-electron chi connectivity index (χ3n) is 4.41. The molecule has 0 aromatic rings. The van der Waals surface area contributed by atoms with E-state index in [0.717, 1.165) is 12.8 Å². The molecule has 0 bridgehead atoms. The molecule has 0 aromatic heterocycles. The predicted octanol–water partition coefficient (Wildman–Crippen LogP) is 4.52. The minimum atomic E-state index is -1.81. The van der Waals surface area contributed by atoms with Crippen molar-refractivity contribution in [2.45, 2.75) is 106 Å². The summed E-state index contributed by atoms with van der Waals surface area (Å²) in [5.41, 5.74) is -0.128. The Morgan fingerprint density at radius 3 is 1.81 bits per heavy atom. The SMILES string of the molecule is CCC[CH2][Sn]([CH2]CCC)[O]N1C(C)(C)CC(O)CC1(C)C. The van der Waals surface area contributed by atoms with Gasteiger partial charge in [-0.15, -0.1) is 0 Å². The van der Waals surface area contributed by atoms with E-state index >= 15 is 0 Å². The van der Waals surface area contributed by atoms with E-state index in [-0.39, 0.29) is 17.2 Å². The molecule has 1 heterocycles. The zero-order valence-electron chi connectivity index (χ0n) is 15.0. The van der Waals surface area contributed by atoms with Crippen molar-refractivity contribution in [3.8, 4) is 0 Å². The molecule has 0 aromatic carbocycles. The Morgan fingerprint density at radius 1 is 1.00 bits per heavy atom. The number of hydrogen-bond donors (Lipinski definition) is 1. The molecule has 4 heteroatoms. The number of piperidine rings is 1. The molecule has 1 radical (unpaired) electrons. The molecule has 0 atom stereocenters. The molecule has 3 nitrogen and oxygen atoms in total. The van der Waals surface area contributed by atoms with E-state index in [2.05, 4.69) is 46.6 Å². The molecule has 0 aliphatic carbocycles. The van der Waals surface area contributed by atoms with Gasteiger partial charge in [0.2, 0.25) is 0 Å². The van der Waals surface area contributed by atoms with E-state index in [9.17, 15) is 5.11 Å². The van der Waals surface area contributed by atoms with Gasteiger partial charge in [0.25, 0.3) is 0 Å². The molecule has 1 fully saturated rings. The molecule has 1 rings (SSSR count). The van der Waals surface area contributed by atoms with Crippen LogP contribution in [-0.2, 0) is 3.17 Å². The summed E-state index contributed by atoms with van der Waals surface area (Å²) < 4.78 is 9.37. The van der Waals surface area contributed by atoms with Crippen LogP contribution in [0.5, 0.6) is 0 Å². The number of aliphatic hydroxyl groups is 1. The van der Waals surface area contributed by atoms with Gasteiger partial charge in [-0.1, -0.05) is 0 Å². The number of hydrogen-bond acceptors (Lipinski definition) is 3. The molecule has 1 aliphatic heterocycles. The molecule has 1 saturated heterocycles. The van der Waals surface area contributed by atoms with E-state index < -0.39 is 20.2 Å². The molecule has 1 aliphatic rings. The van der Waals surface area contributed by atoms with E-state index in [4.69, 9.17) is 3.17 Å². The summed E-state index contributed by atoms with van der Waals surface area (Å²) in [6, 6.07) is 0. The third kappa shape index (κ3) is 6.00. The summed E-state index contributed by atoms with van der Waals surface area (Å²) in [7, 11) is 0. The summed E-state index contributed by atoms with van der Waals surface area (Å²) >= 11 is -1.81. The van der Waals surface area contributed by atoms with Gasteiger partial charge in [0, 0.05) is 0 Å². The van der Waals surface area contributed by atoms with Crippen LogP contribution < -0.4 is 0 Å². The zero-order valence-corrected chi connectivity index (χ0v) is 17.9. The fourth-order valence-electron chi connectivity index (χ4n) is 3.55. The molecule has 0 spiro atoms. The van der Waals surface area contributed by atoms with Crippen molar-refractivity contribution in [2.75, 3.05) is 0 Å². The molecular weight excluding hydrogens is 369 g/mol. The summed E-state index contributed by atoms with van der Waals surface area (Å²) in [4.78, 5) is 0. The fraction of sp³-hybridized carbons (Fsp3) is 1.00. The van der Waals surface area contributed by atoms with Gasteiger partial charge < -0.3 is 0 Å². The zero-order chi connectivity index (χ0) is 16.1. The van der Waals surface area contributed by atoms with E-state index in [1.54, 1.807) is 0 Å². The average molecular weight is 405 g/mol. The number of nitrogens with zero attached hydrogens (tertiary/aromatic N) is 1. The normalized spacial score (nSPS) is 22.9. The van der Waals surface area contributed by atoms with Crippen LogP contribution in [0.15, 0.2) is 0 Å². The van der Waals surface area contributed by atoms with E-state index in [1.165, 1.54) is 34.6 Å². The first-order valence-electron chi connectivity index (χ1n) is 8.74. The molecule has 0 unspecified atom stereocenters. The maximum absolute atomic E-state index is 10.1. The predicted molar refractivity (Wildman–Crippen MR) is 91.5 cm³/mol. The monoisotopic (exact) mass is 406 g/mol. The molecule has 125 valence electrons. The van der Waals surface area contributed by atoms with Gasteiger partial charge >= 0.3 is 140 Å². The molecule has 1 N–H and O–H groups in total. The van der Waals surface area contributed by atoms with Crippen LogP contribution in [0.4, 0.5) is 0 Å². The van der Waals surface area contributed by atoms with Crippen molar-refractivity contribution in [3.63, 3.8) is 0 Å². The quantitative estimate of drug-likeness (QED) is 0.603. The minimum absolute atomic E-state index is 0.0641. The van der Waals surface area contributed by atoms with Gasteiger partial charge in [-0.2, -0.15) is 0 Å². The Hall–Kier alpha value is 0.679. The van der Waals surface area contributed by atoms with Crippen LogP contribution in [0.3, 0.4) is 0 Å². The molecular formula is C17H36NO2Sn. The average Bonchev–Trinajstić information content (AvgIpc) is 2.34. The summed E-state index contributed by atoms with van der Waals surface area (Å²) in [6.45, 7) is 13.4. The van der Waals surface area contributed by atoms with E-state index in [1.807, 2.05) is 0 Å². The number of rotatable bonds is 8. The number of unbranched alkanes of at least 4 members (excludes halogenated alkanes) is 2. The van der Waals surface area contributed by atoms with Gasteiger partial charge in [0.15, 0.2) is 0 Å². The van der Waals surface area contributed by atoms with Crippen LogP contribution in [-0.4, -0.2) is 47.5 Å². The maximum atomic E-state index is 10.1. The third-order valence-corrected chi connectivity index (χ3v) is 10.9. The Morgan fingerprint density at radius 2 is 1.43 bits per heavy atom. The Kier molecular flexibility index (Phi) is 7.99. The van der Waals surface area contributed by atoms with Crippen LogP contribution in [0, 0.1) is 0 Å². The second-order valence-corrected chi connectivity index (χ2v) is 14.3. The van der Waals surface area contributed by atoms with Crippen molar-refractivity contribution in [1.29, 1.82) is 0 Å². The van der Waals surface area contributed by atoms with Crippen LogP contribution in [0.1, 0.15) is 80.1 Å². The van der Waals surface area contributed by atoms with Crippen molar-refractivity contribution in [3.05, 3.63) is 0 Å². The van der Waals surface area contributed by atoms with Crippen LogP contribution in [0.2, 0.25) is 8.87 Å². The van der Waals surface area contributed by atoms with Crippen molar-refractivity contribution >= 4 is 20.2 Å². The first-order valence-corrected chi connectivity index (χ1v) is 13.9. The standard InChI is InChI=1S/C9H18NO2.2C4H9.Sn/c1-8(2)5-7(11)6-9(3,4)10(8)12;2*1-3-4-2;/h7,11H,5-6H2,1-4H3;2*1,3-4H2,2H3;/q-1;;;+1. The summed E-state index contributed by atoms with van der Waals surface area (Å²) in [5, 5.41) is 12.4. The van der Waals surface area contributed by atoms with Gasteiger partial charge in [-0.05, 0) is 0 Å². The fourth-order valence-corrected chi connectivity index (χ4v) is 11.2. The van der Waals surface area contributed by atoms with Crippen molar-refractivity contribution in [1.82, 2.24) is 5.06 Å². The first kappa shape index (κ1) is 19.7. The van der Waals surface area contributed by atoms with E-state index in [0.29, 0.717) is 0 Å². The molecule has 21 heavy (non-hydrogen) atoms. The molecule has 0 amide bonds. The first-order chi connectivity index (χ1) is 9.73. The van der Waals surface area contributed by atoms with Gasteiger partial charge in [0.05, 0.1) is 0 Å². The summed E-state index contributed by atoms with van der Waals surface area (Å²) in [5.74, 6) is 0. The van der Waals surface area contributed by atoms with Gasteiger partial charge in [-0.3, -0.25) is 0 Å².